The quantitative estimate of drug-likeness (QED) is 0.704. The first kappa shape index (κ1) is 18.3. The van der Waals surface area contributed by atoms with E-state index in [4.69, 9.17) is 4.98 Å². The van der Waals surface area contributed by atoms with Gasteiger partial charge in [0.1, 0.15) is 0 Å². The Kier molecular flexibility index (Phi) is 5.14. The van der Waals surface area contributed by atoms with Crippen molar-refractivity contribution in [2.24, 2.45) is 0 Å². The summed E-state index contributed by atoms with van der Waals surface area (Å²) in [6.45, 7) is 3.22. The van der Waals surface area contributed by atoms with Crippen LogP contribution in [0.3, 0.4) is 0 Å². The number of likely N-dealkylation sites (tertiary alicyclic amines) is 1. The summed E-state index contributed by atoms with van der Waals surface area (Å²) in [7, 11) is 0. The van der Waals surface area contributed by atoms with E-state index in [1.807, 2.05) is 43.3 Å². The Bertz CT molecular complexity index is 956. The van der Waals surface area contributed by atoms with Crippen LogP contribution >= 0.6 is 0 Å². The second-order valence-corrected chi connectivity index (χ2v) is 7.24. The van der Waals surface area contributed by atoms with Gasteiger partial charge in [0.05, 0.1) is 23.3 Å². The fraction of sp³-hybridized carbons (Fsp3) is 0.381. The zero-order valence-corrected chi connectivity index (χ0v) is 16.0. The van der Waals surface area contributed by atoms with Crippen molar-refractivity contribution in [2.45, 2.75) is 44.8 Å². The summed E-state index contributed by atoms with van der Waals surface area (Å²) in [5.41, 5.74) is 2.97. The number of hydrogen-bond donors (Lipinski definition) is 2. The van der Waals surface area contributed by atoms with Gasteiger partial charge in [-0.05, 0) is 43.5 Å². The molecule has 7 nitrogen and oxygen atoms in total. The number of amides is 1. The molecule has 3 aromatic rings. The summed E-state index contributed by atoms with van der Waals surface area (Å²) in [5, 5.41) is 13.0. The van der Waals surface area contributed by atoms with E-state index in [-0.39, 0.29) is 12.1 Å². The lowest BCUT2D eigenvalue weighted by Crippen LogP contribution is -2.48. The molecule has 4 rings (SSSR count). The minimum absolute atomic E-state index is 0.0392. The minimum Gasteiger partial charge on any atom is -0.465 e. The maximum Gasteiger partial charge on any atom is 0.407 e. The van der Waals surface area contributed by atoms with E-state index in [0.29, 0.717) is 13.1 Å². The van der Waals surface area contributed by atoms with E-state index in [1.165, 1.54) is 0 Å². The number of hydrogen-bond acceptors (Lipinski definition) is 4. The predicted molar refractivity (Wildman–Crippen MR) is 109 cm³/mol. The average molecular weight is 379 g/mol. The van der Waals surface area contributed by atoms with Crippen LogP contribution in [0, 0.1) is 0 Å². The number of anilines is 1. The summed E-state index contributed by atoms with van der Waals surface area (Å²) in [6.07, 6.45) is 3.35. The molecule has 1 aliphatic heterocycles. The van der Waals surface area contributed by atoms with Gasteiger partial charge in [0.15, 0.2) is 0 Å². The third-order valence-electron chi connectivity index (χ3n) is 5.47. The molecule has 1 amide bonds. The number of aromatic nitrogens is 3. The van der Waals surface area contributed by atoms with Gasteiger partial charge in [-0.25, -0.2) is 9.78 Å². The van der Waals surface area contributed by atoms with Gasteiger partial charge >= 0.3 is 6.09 Å². The van der Waals surface area contributed by atoms with Crippen molar-refractivity contribution in [1.29, 1.82) is 0 Å². The number of imidazole rings is 1. The van der Waals surface area contributed by atoms with Crippen LogP contribution in [0.5, 0.6) is 0 Å². The number of fused-ring (bicyclic) bond motifs is 1. The number of piperidine rings is 1. The zero-order chi connectivity index (χ0) is 19.5. The number of nitrogens with zero attached hydrogens (tertiary/aromatic N) is 4. The first-order valence-corrected chi connectivity index (χ1v) is 9.77. The molecule has 7 heteroatoms. The Morgan fingerprint density at radius 2 is 2.07 bits per heavy atom. The van der Waals surface area contributed by atoms with Crippen LogP contribution in [0.15, 0.2) is 48.7 Å². The summed E-state index contributed by atoms with van der Waals surface area (Å²) >= 11 is 0. The molecule has 0 spiro atoms. The van der Waals surface area contributed by atoms with Crippen molar-refractivity contribution in [2.75, 3.05) is 11.9 Å². The molecular weight excluding hydrogens is 354 g/mol. The Balaban J connectivity index is 1.60. The van der Waals surface area contributed by atoms with Crippen LogP contribution in [0.4, 0.5) is 10.7 Å². The third-order valence-corrected chi connectivity index (χ3v) is 5.47. The van der Waals surface area contributed by atoms with Crippen molar-refractivity contribution < 1.29 is 9.90 Å². The number of pyridine rings is 1. The average Bonchev–Trinajstić information content (AvgIpc) is 3.05. The SMILES string of the molecule is CCC1CC(Nc2nc3ccccc3n2Cc2ccccn2)CCN1C(=O)O. The first-order chi connectivity index (χ1) is 13.7. The smallest absolute Gasteiger partial charge is 0.407 e. The zero-order valence-electron chi connectivity index (χ0n) is 16.0. The van der Waals surface area contributed by atoms with Crippen LogP contribution in [0.1, 0.15) is 31.9 Å². The van der Waals surface area contributed by atoms with E-state index in [1.54, 1.807) is 11.1 Å². The molecule has 0 aliphatic carbocycles. The van der Waals surface area contributed by atoms with E-state index in [0.717, 1.165) is 41.9 Å². The highest BCUT2D eigenvalue weighted by atomic mass is 16.4. The third kappa shape index (κ3) is 3.65. The second-order valence-electron chi connectivity index (χ2n) is 7.24. The van der Waals surface area contributed by atoms with E-state index < -0.39 is 6.09 Å². The van der Waals surface area contributed by atoms with Gasteiger partial charge < -0.3 is 19.9 Å². The summed E-state index contributed by atoms with van der Waals surface area (Å²) in [6, 6.07) is 14.2. The van der Waals surface area contributed by atoms with Crippen LogP contribution in [0.25, 0.3) is 11.0 Å². The molecule has 2 aromatic heterocycles. The van der Waals surface area contributed by atoms with Crippen LogP contribution < -0.4 is 5.32 Å². The van der Waals surface area contributed by atoms with Gasteiger partial charge in [-0.15, -0.1) is 0 Å². The Hall–Kier alpha value is -3.09. The molecule has 0 saturated carbocycles. The van der Waals surface area contributed by atoms with Crippen LogP contribution in [-0.4, -0.2) is 49.3 Å². The van der Waals surface area contributed by atoms with Gasteiger partial charge in [0.2, 0.25) is 5.95 Å². The Labute approximate surface area is 164 Å². The minimum atomic E-state index is -0.826. The summed E-state index contributed by atoms with van der Waals surface area (Å²) in [4.78, 5) is 22.3. The fourth-order valence-electron chi connectivity index (χ4n) is 4.00. The van der Waals surface area contributed by atoms with Gasteiger partial charge in [-0.3, -0.25) is 4.98 Å². The van der Waals surface area contributed by atoms with Crippen molar-refractivity contribution >= 4 is 23.1 Å². The molecule has 1 saturated heterocycles. The van der Waals surface area contributed by atoms with Crippen molar-refractivity contribution in [1.82, 2.24) is 19.4 Å². The summed E-state index contributed by atoms with van der Waals surface area (Å²) < 4.78 is 2.15. The molecular formula is C21H25N5O2. The molecule has 2 atom stereocenters. The number of para-hydroxylation sites is 2. The lowest BCUT2D eigenvalue weighted by molar-refractivity contribution is 0.102. The topological polar surface area (TPSA) is 83.3 Å². The predicted octanol–water partition coefficient (Wildman–Crippen LogP) is 3.81. The lowest BCUT2D eigenvalue weighted by atomic mass is 9.96. The number of carbonyl (C=O) groups is 1. The molecule has 1 aliphatic rings. The maximum absolute atomic E-state index is 11.4. The molecule has 28 heavy (non-hydrogen) atoms. The van der Waals surface area contributed by atoms with Crippen molar-refractivity contribution in [3.63, 3.8) is 0 Å². The monoisotopic (exact) mass is 379 g/mol. The highest BCUT2D eigenvalue weighted by Crippen LogP contribution is 2.26. The molecule has 2 N–H and O–H groups in total. The normalized spacial score (nSPS) is 19.7. The van der Waals surface area contributed by atoms with Gasteiger partial charge in [0.25, 0.3) is 0 Å². The number of benzene rings is 1. The van der Waals surface area contributed by atoms with Gasteiger partial charge in [-0.1, -0.05) is 25.1 Å². The van der Waals surface area contributed by atoms with E-state index in [2.05, 4.69) is 20.9 Å². The van der Waals surface area contributed by atoms with Gasteiger partial charge in [-0.2, -0.15) is 0 Å². The Morgan fingerprint density at radius 1 is 1.25 bits per heavy atom. The van der Waals surface area contributed by atoms with E-state index in [9.17, 15) is 9.90 Å². The summed E-state index contributed by atoms with van der Waals surface area (Å²) in [5.74, 6) is 0.815. The highest BCUT2D eigenvalue weighted by Gasteiger charge is 2.31. The van der Waals surface area contributed by atoms with Crippen molar-refractivity contribution in [3.8, 4) is 0 Å². The largest absolute Gasteiger partial charge is 0.465 e. The molecule has 2 unspecified atom stereocenters. The number of rotatable bonds is 5. The molecule has 3 heterocycles. The number of nitrogens with one attached hydrogen (secondary N) is 1. The number of carboxylic acid groups (broad SMARTS) is 1. The Morgan fingerprint density at radius 3 is 2.82 bits per heavy atom. The van der Waals surface area contributed by atoms with Gasteiger partial charge in [0, 0.05) is 24.8 Å². The standard InChI is InChI=1S/C21H25N5O2/c1-2-17-13-15(10-12-25(17)21(27)28)23-20-24-18-8-3-4-9-19(18)26(20)14-16-7-5-6-11-22-16/h3-9,11,15,17H,2,10,12-14H2,1H3,(H,23,24)(H,27,28). The fourth-order valence-corrected chi connectivity index (χ4v) is 4.00. The van der Waals surface area contributed by atoms with Crippen LogP contribution in [-0.2, 0) is 6.54 Å². The highest BCUT2D eigenvalue weighted by molar-refractivity contribution is 5.78. The first-order valence-electron chi connectivity index (χ1n) is 9.77. The maximum atomic E-state index is 11.4. The molecule has 1 fully saturated rings. The lowest BCUT2D eigenvalue weighted by Gasteiger charge is -2.37. The van der Waals surface area contributed by atoms with Crippen molar-refractivity contribution in [3.05, 3.63) is 54.4 Å². The second kappa shape index (κ2) is 7.88. The van der Waals surface area contributed by atoms with E-state index >= 15 is 0 Å². The molecule has 0 radical (unpaired) electrons. The van der Waals surface area contributed by atoms with Crippen LogP contribution in [0.2, 0.25) is 0 Å². The molecule has 1 aromatic carbocycles. The molecule has 0 bridgehead atoms. The molecule has 146 valence electrons.